The smallest absolute Gasteiger partial charge is 0.410 e. The average molecular weight is 418 g/mol. The molecule has 1 aliphatic heterocycles. The van der Waals surface area contributed by atoms with Crippen LogP contribution in [0.1, 0.15) is 39.2 Å². The molecule has 164 valence electrons. The Bertz CT molecular complexity index is 765. The molecule has 30 heavy (non-hydrogen) atoms. The van der Waals surface area contributed by atoms with Gasteiger partial charge in [-0.05, 0) is 39.2 Å². The Morgan fingerprint density at radius 1 is 1.30 bits per heavy atom. The molecule has 1 aromatic rings. The standard InChI is InChI=1S/C21H30N4O5/c1-5-12-24(17-10-13-23(14-11-17)20(27)30-21(2,3)4)19(26)22-15-16-6-8-18(9-7-16)25(28)29/h5-9,17H,1,10-15H2,2-4H3,(H,22,26). The molecule has 0 atom stereocenters. The average Bonchev–Trinajstić information content (AvgIpc) is 2.69. The Balaban J connectivity index is 1.90. The summed E-state index contributed by atoms with van der Waals surface area (Å²) in [4.78, 5) is 38.6. The second-order valence-electron chi connectivity index (χ2n) is 8.22. The van der Waals surface area contributed by atoms with Crippen molar-refractivity contribution in [3.8, 4) is 0 Å². The number of piperidine rings is 1. The van der Waals surface area contributed by atoms with Crippen LogP contribution < -0.4 is 5.32 Å². The zero-order chi connectivity index (χ0) is 22.3. The van der Waals surface area contributed by atoms with Crippen LogP contribution in [-0.4, -0.2) is 58.1 Å². The summed E-state index contributed by atoms with van der Waals surface area (Å²) in [7, 11) is 0. The Morgan fingerprint density at radius 2 is 1.90 bits per heavy atom. The van der Waals surface area contributed by atoms with Gasteiger partial charge in [0, 0.05) is 44.4 Å². The molecule has 0 radical (unpaired) electrons. The first-order valence-electron chi connectivity index (χ1n) is 9.97. The number of ether oxygens (including phenoxy) is 1. The summed E-state index contributed by atoms with van der Waals surface area (Å²) in [6.07, 6.45) is 2.64. The number of carbonyl (C=O) groups is 2. The van der Waals surface area contributed by atoms with Crippen molar-refractivity contribution in [1.29, 1.82) is 0 Å². The van der Waals surface area contributed by atoms with E-state index in [2.05, 4.69) is 11.9 Å². The topological polar surface area (TPSA) is 105 Å². The zero-order valence-electron chi connectivity index (χ0n) is 17.8. The third-order valence-corrected chi connectivity index (χ3v) is 4.73. The van der Waals surface area contributed by atoms with Gasteiger partial charge in [0.2, 0.25) is 0 Å². The first-order valence-corrected chi connectivity index (χ1v) is 9.97. The highest BCUT2D eigenvalue weighted by Gasteiger charge is 2.31. The van der Waals surface area contributed by atoms with Gasteiger partial charge in [0.25, 0.3) is 5.69 Å². The molecule has 0 spiro atoms. The first kappa shape index (κ1) is 23.2. The number of amides is 3. The van der Waals surface area contributed by atoms with Crippen LogP contribution in [0.3, 0.4) is 0 Å². The molecule has 9 heteroatoms. The summed E-state index contributed by atoms with van der Waals surface area (Å²) in [5, 5.41) is 13.6. The monoisotopic (exact) mass is 418 g/mol. The van der Waals surface area contributed by atoms with Crippen molar-refractivity contribution in [2.24, 2.45) is 0 Å². The van der Waals surface area contributed by atoms with Crippen LogP contribution in [0, 0.1) is 10.1 Å². The number of nitrogens with one attached hydrogen (secondary N) is 1. The SMILES string of the molecule is C=CCN(C(=O)NCc1ccc([N+](=O)[O-])cc1)C1CCN(C(=O)OC(C)(C)C)CC1. The zero-order valence-corrected chi connectivity index (χ0v) is 17.8. The van der Waals surface area contributed by atoms with Crippen molar-refractivity contribution >= 4 is 17.8 Å². The molecule has 1 aromatic carbocycles. The Hall–Kier alpha value is -3.10. The van der Waals surface area contributed by atoms with Gasteiger partial charge in [-0.3, -0.25) is 10.1 Å². The molecule has 0 aliphatic carbocycles. The Morgan fingerprint density at radius 3 is 2.40 bits per heavy atom. The lowest BCUT2D eigenvalue weighted by Gasteiger charge is -2.38. The van der Waals surface area contributed by atoms with Crippen molar-refractivity contribution in [2.75, 3.05) is 19.6 Å². The number of rotatable bonds is 6. The van der Waals surface area contributed by atoms with Crippen LogP contribution in [0.2, 0.25) is 0 Å². The maximum Gasteiger partial charge on any atom is 0.410 e. The van der Waals surface area contributed by atoms with Gasteiger partial charge in [-0.1, -0.05) is 18.2 Å². The number of non-ortho nitro benzene ring substituents is 1. The van der Waals surface area contributed by atoms with Crippen molar-refractivity contribution in [1.82, 2.24) is 15.1 Å². The molecule has 1 N–H and O–H groups in total. The third-order valence-electron chi connectivity index (χ3n) is 4.73. The molecule has 1 heterocycles. The minimum Gasteiger partial charge on any atom is -0.444 e. The molecule has 3 amide bonds. The highest BCUT2D eigenvalue weighted by molar-refractivity contribution is 5.75. The second kappa shape index (κ2) is 10.1. The van der Waals surface area contributed by atoms with E-state index in [1.807, 2.05) is 20.8 Å². The molecule has 0 saturated carbocycles. The van der Waals surface area contributed by atoms with Crippen LogP contribution in [0.5, 0.6) is 0 Å². The maximum atomic E-state index is 12.7. The van der Waals surface area contributed by atoms with Crippen molar-refractivity contribution in [3.05, 3.63) is 52.6 Å². The summed E-state index contributed by atoms with van der Waals surface area (Å²) < 4.78 is 5.41. The molecule has 0 bridgehead atoms. The van der Waals surface area contributed by atoms with Gasteiger partial charge in [0.1, 0.15) is 5.60 Å². The second-order valence-corrected chi connectivity index (χ2v) is 8.22. The van der Waals surface area contributed by atoms with E-state index in [0.717, 1.165) is 5.56 Å². The number of benzene rings is 1. The summed E-state index contributed by atoms with van der Waals surface area (Å²) in [6.45, 7) is 10.9. The largest absolute Gasteiger partial charge is 0.444 e. The lowest BCUT2D eigenvalue weighted by Crippen LogP contribution is -2.52. The van der Waals surface area contributed by atoms with Crippen LogP contribution in [-0.2, 0) is 11.3 Å². The van der Waals surface area contributed by atoms with Crippen LogP contribution >= 0.6 is 0 Å². The van der Waals surface area contributed by atoms with Gasteiger partial charge >= 0.3 is 12.1 Å². The van der Waals surface area contributed by atoms with E-state index >= 15 is 0 Å². The fraction of sp³-hybridized carbons (Fsp3) is 0.524. The van der Waals surface area contributed by atoms with E-state index in [9.17, 15) is 19.7 Å². The van der Waals surface area contributed by atoms with Crippen LogP contribution in [0.25, 0.3) is 0 Å². The molecule has 1 fully saturated rings. The van der Waals surface area contributed by atoms with Gasteiger partial charge in [0.15, 0.2) is 0 Å². The molecule has 2 rings (SSSR count). The van der Waals surface area contributed by atoms with Crippen molar-refractivity contribution in [3.63, 3.8) is 0 Å². The van der Waals surface area contributed by atoms with Gasteiger partial charge in [-0.2, -0.15) is 0 Å². The number of likely N-dealkylation sites (tertiary alicyclic amines) is 1. The highest BCUT2D eigenvalue weighted by Crippen LogP contribution is 2.20. The molecule has 9 nitrogen and oxygen atoms in total. The van der Waals surface area contributed by atoms with E-state index in [1.165, 1.54) is 12.1 Å². The van der Waals surface area contributed by atoms with Gasteiger partial charge in [-0.25, -0.2) is 9.59 Å². The number of nitrogens with zero attached hydrogens (tertiary/aromatic N) is 3. The minimum absolute atomic E-state index is 0.00936. The van der Waals surface area contributed by atoms with Gasteiger partial charge < -0.3 is 19.9 Å². The van der Waals surface area contributed by atoms with Crippen molar-refractivity contribution < 1.29 is 19.2 Å². The van der Waals surface area contributed by atoms with Gasteiger partial charge in [-0.15, -0.1) is 6.58 Å². The maximum absolute atomic E-state index is 12.7. The number of hydrogen-bond acceptors (Lipinski definition) is 5. The number of nitro benzene ring substituents is 1. The summed E-state index contributed by atoms with van der Waals surface area (Å²) in [6, 6.07) is 5.82. The van der Waals surface area contributed by atoms with E-state index in [1.54, 1.807) is 28.0 Å². The van der Waals surface area contributed by atoms with Gasteiger partial charge in [0.05, 0.1) is 4.92 Å². The van der Waals surface area contributed by atoms with Crippen molar-refractivity contribution in [2.45, 2.75) is 51.8 Å². The Labute approximate surface area is 176 Å². The quantitative estimate of drug-likeness (QED) is 0.431. The number of urea groups is 1. The van der Waals surface area contributed by atoms with Crippen LogP contribution in [0.15, 0.2) is 36.9 Å². The number of nitro groups is 1. The summed E-state index contributed by atoms with van der Waals surface area (Å²) in [5.74, 6) is 0. The molecule has 0 aromatic heterocycles. The lowest BCUT2D eigenvalue weighted by atomic mass is 10.0. The summed E-state index contributed by atoms with van der Waals surface area (Å²) in [5.41, 5.74) is 0.239. The minimum atomic E-state index is -0.541. The van der Waals surface area contributed by atoms with E-state index in [-0.39, 0.29) is 30.4 Å². The first-order chi connectivity index (χ1) is 14.1. The van der Waals surface area contributed by atoms with E-state index in [4.69, 9.17) is 4.74 Å². The molecular formula is C21H30N4O5. The molecular weight excluding hydrogens is 388 g/mol. The Kier molecular flexibility index (Phi) is 7.79. The highest BCUT2D eigenvalue weighted by atomic mass is 16.6. The number of carbonyl (C=O) groups excluding carboxylic acids is 2. The molecule has 1 aliphatic rings. The lowest BCUT2D eigenvalue weighted by molar-refractivity contribution is -0.384. The number of hydrogen-bond donors (Lipinski definition) is 1. The van der Waals surface area contributed by atoms with E-state index in [0.29, 0.717) is 32.5 Å². The molecule has 0 unspecified atom stereocenters. The summed E-state index contributed by atoms with van der Waals surface area (Å²) >= 11 is 0. The predicted octanol–water partition coefficient (Wildman–Crippen LogP) is 3.69. The van der Waals surface area contributed by atoms with Crippen LogP contribution in [0.4, 0.5) is 15.3 Å². The predicted molar refractivity (Wildman–Crippen MR) is 113 cm³/mol. The fourth-order valence-electron chi connectivity index (χ4n) is 3.24. The molecule has 1 saturated heterocycles. The third kappa shape index (κ3) is 6.75. The van der Waals surface area contributed by atoms with E-state index < -0.39 is 10.5 Å². The normalized spacial score (nSPS) is 14.7. The fourth-order valence-corrected chi connectivity index (χ4v) is 3.24.